The Bertz CT molecular complexity index is 713. The molecule has 0 unspecified atom stereocenters. The highest BCUT2D eigenvalue weighted by molar-refractivity contribution is 5.47. The van der Waals surface area contributed by atoms with Crippen molar-refractivity contribution in [2.45, 2.75) is 19.5 Å². The number of aryl methyl sites for hydroxylation is 1. The third-order valence-electron chi connectivity index (χ3n) is 2.97. The number of alkyl halides is 3. The molecule has 0 fully saturated rings. The van der Waals surface area contributed by atoms with Crippen molar-refractivity contribution < 1.29 is 13.2 Å². The van der Waals surface area contributed by atoms with Gasteiger partial charge in [0.15, 0.2) is 5.82 Å². The third-order valence-corrected chi connectivity index (χ3v) is 2.97. The van der Waals surface area contributed by atoms with Gasteiger partial charge in [0.25, 0.3) is 5.56 Å². The fourth-order valence-corrected chi connectivity index (χ4v) is 1.89. The molecule has 2 heterocycles. The average molecular weight is 313 g/mol. The zero-order valence-corrected chi connectivity index (χ0v) is 12.0. The number of halogens is 3. The second-order valence-electron chi connectivity index (χ2n) is 4.77. The van der Waals surface area contributed by atoms with Crippen LogP contribution in [0.5, 0.6) is 0 Å². The van der Waals surface area contributed by atoms with E-state index < -0.39 is 11.7 Å². The van der Waals surface area contributed by atoms with E-state index in [1.54, 1.807) is 0 Å². The summed E-state index contributed by atoms with van der Waals surface area (Å²) in [7, 11) is 1.48. The van der Waals surface area contributed by atoms with E-state index in [1.807, 2.05) is 0 Å². The van der Waals surface area contributed by atoms with Gasteiger partial charge in [-0.05, 0) is 13.0 Å². The van der Waals surface area contributed by atoms with Gasteiger partial charge in [-0.25, -0.2) is 4.98 Å². The Labute approximate surface area is 124 Å². The number of rotatable bonds is 4. The maximum atomic E-state index is 13.1. The van der Waals surface area contributed by atoms with E-state index in [4.69, 9.17) is 0 Å². The van der Waals surface area contributed by atoms with Gasteiger partial charge in [0, 0.05) is 32.3 Å². The number of hydrogen-bond acceptors (Lipinski definition) is 5. The molecule has 22 heavy (non-hydrogen) atoms. The molecular weight excluding hydrogens is 299 g/mol. The molecule has 0 spiro atoms. The maximum Gasteiger partial charge on any atom is 0.420 e. The van der Waals surface area contributed by atoms with E-state index in [0.717, 1.165) is 6.07 Å². The van der Waals surface area contributed by atoms with Crippen molar-refractivity contribution in [3.63, 3.8) is 0 Å². The van der Waals surface area contributed by atoms with Gasteiger partial charge in [-0.15, -0.1) is 5.10 Å². The summed E-state index contributed by atoms with van der Waals surface area (Å²) >= 11 is 0. The average Bonchev–Trinajstić information content (AvgIpc) is 2.44. The fourth-order valence-electron chi connectivity index (χ4n) is 1.89. The maximum absolute atomic E-state index is 13.1. The summed E-state index contributed by atoms with van der Waals surface area (Å²) in [5, 5.41) is 7.32. The van der Waals surface area contributed by atoms with Crippen LogP contribution in [0.15, 0.2) is 23.1 Å². The molecule has 2 aromatic rings. The summed E-state index contributed by atoms with van der Waals surface area (Å²) in [6.07, 6.45) is -2.88. The Kier molecular flexibility index (Phi) is 4.43. The molecule has 0 aliphatic heterocycles. The van der Waals surface area contributed by atoms with Gasteiger partial charge >= 0.3 is 6.18 Å². The van der Waals surface area contributed by atoms with Gasteiger partial charge in [-0.3, -0.25) is 4.79 Å². The molecule has 0 aliphatic rings. The van der Waals surface area contributed by atoms with Crippen molar-refractivity contribution in [2.75, 3.05) is 18.5 Å². The predicted octanol–water partition coefficient (Wildman–Crippen LogP) is 1.57. The van der Waals surface area contributed by atoms with Crippen LogP contribution in [-0.2, 0) is 12.6 Å². The van der Waals surface area contributed by atoms with Gasteiger partial charge in [0.1, 0.15) is 11.4 Å². The molecule has 0 aromatic carbocycles. The SMILES string of the molecule is Cc1cc(C(F)(F)F)c(N(C)CCc2nccc(=O)[nH]2)nn1. The summed E-state index contributed by atoms with van der Waals surface area (Å²) in [5.74, 6) is 0.143. The molecule has 2 rings (SSSR count). The molecular formula is C13H14F3N5O. The normalized spacial score (nSPS) is 11.5. The summed E-state index contributed by atoms with van der Waals surface area (Å²) in [6, 6.07) is 2.22. The zero-order chi connectivity index (χ0) is 16.3. The minimum Gasteiger partial charge on any atom is -0.357 e. The van der Waals surface area contributed by atoms with E-state index in [9.17, 15) is 18.0 Å². The first-order valence-corrected chi connectivity index (χ1v) is 6.44. The quantitative estimate of drug-likeness (QED) is 0.927. The van der Waals surface area contributed by atoms with Crippen LogP contribution >= 0.6 is 0 Å². The number of anilines is 1. The molecule has 2 aromatic heterocycles. The third kappa shape index (κ3) is 3.80. The number of likely N-dealkylation sites (N-methyl/N-ethyl adjacent to an activating group) is 1. The Hall–Kier alpha value is -2.45. The van der Waals surface area contributed by atoms with Crippen LogP contribution in [0.3, 0.4) is 0 Å². The second-order valence-corrected chi connectivity index (χ2v) is 4.77. The van der Waals surface area contributed by atoms with Crippen LogP contribution in [0.4, 0.5) is 19.0 Å². The lowest BCUT2D eigenvalue weighted by atomic mass is 10.2. The van der Waals surface area contributed by atoms with Gasteiger partial charge in [-0.2, -0.15) is 18.3 Å². The van der Waals surface area contributed by atoms with Crippen molar-refractivity contribution in [1.29, 1.82) is 0 Å². The molecule has 0 amide bonds. The van der Waals surface area contributed by atoms with Crippen molar-refractivity contribution in [1.82, 2.24) is 20.2 Å². The largest absolute Gasteiger partial charge is 0.420 e. The molecule has 0 bridgehead atoms. The summed E-state index contributed by atoms with van der Waals surface area (Å²) in [4.78, 5) is 18.9. The summed E-state index contributed by atoms with van der Waals surface area (Å²) < 4.78 is 39.2. The van der Waals surface area contributed by atoms with Crippen molar-refractivity contribution in [3.8, 4) is 0 Å². The van der Waals surface area contributed by atoms with Gasteiger partial charge in [-0.1, -0.05) is 0 Å². The van der Waals surface area contributed by atoms with Crippen LogP contribution in [-0.4, -0.2) is 33.8 Å². The summed E-state index contributed by atoms with van der Waals surface area (Å²) in [5.41, 5.74) is -0.950. The lowest BCUT2D eigenvalue weighted by Gasteiger charge is -2.21. The van der Waals surface area contributed by atoms with Crippen molar-refractivity contribution in [2.24, 2.45) is 0 Å². The van der Waals surface area contributed by atoms with E-state index >= 15 is 0 Å². The zero-order valence-electron chi connectivity index (χ0n) is 12.0. The molecule has 0 atom stereocenters. The van der Waals surface area contributed by atoms with E-state index in [1.165, 1.54) is 31.1 Å². The first-order valence-electron chi connectivity index (χ1n) is 6.44. The van der Waals surface area contributed by atoms with Crippen molar-refractivity contribution in [3.05, 3.63) is 45.8 Å². The first kappa shape index (κ1) is 15.9. The number of nitrogens with zero attached hydrogens (tertiary/aromatic N) is 4. The lowest BCUT2D eigenvalue weighted by Crippen LogP contribution is -2.26. The Morgan fingerprint density at radius 1 is 1.32 bits per heavy atom. The molecule has 0 aliphatic carbocycles. The Balaban J connectivity index is 2.19. The molecule has 0 radical (unpaired) electrons. The smallest absolute Gasteiger partial charge is 0.357 e. The molecule has 118 valence electrons. The molecule has 1 N–H and O–H groups in total. The number of nitrogens with one attached hydrogen (secondary N) is 1. The van der Waals surface area contributed by atoms with Crippen LogP contribution in [0.25, 0.3) is 0 Å². The first-order chi connectivity index (χ1) is 10.3. The molecule has 9 heteroatoms. The Morgan fingerprint density at radius 2 is 2.05 bits per heavy atom. The molecule has 6 nitrogen and oxygen atoms in total. The highest BCUT2D eigenvalue weighted by atomic mass is 19.4. The van der Waals surface area contributed by atoms with Crippen molar-refractivity contribution >= 4 is 5.82 Å². The van der Waals surface area contributed by atoms with E-state index in [0.29, 0.717) is 5.82 Å². The number of aromatic nitrogens is 4. The topological polar surface area (TPSA) is 74.8 Å². The Morgan fingerprint density at radius 3 is 2.68 bits per heavy atom. The van der Waals surface area contributed by atoms with Crippen LogP contribution in [0.1, 0.15) is 17.1 Å². The standard InChI is InChI=1S/C13H14F3N5O/c1-8-7-9(13(14,15)16)12(20-19-8)21(2)6-4-10-17-5-3-11(22)18-10/h3,5,7H,4,6H2,1-2H3,(H,17,18,22). The molecule has 0 saturated heterocycles. The monoisotopic (exact) mass is 313 g/mol. The number of H-pyrrole nitrogens is 1. The van der Waals surface area contributed by atoms with Gasteiger partial charge in [0.2, 0.25) is 0 Å². The minimum absolute atomic E-state index is 0.193. The molecule has 0 saturated carbocycles. The van der Waals surface area contributed by atoms with E-state index in [-0.39, 0.29) is 30.0 Å². The van der Waals surface area contributed by atoms with Gasteiger partial charge < -0.3 is 9.88 Å². The summed E-state index contributed by atoms with van der Waals surface area (Å²) in [6.45, 7) is 1.65. The van der Waals surface area contributed by atoms with Crippen LogP contribution in [0, 0.1) is 6.92 Å². The van der Waals surface area contributed by atoms with E-state index in [2.05, 4.69) is 20.2 Å². The van der Waals surface area contributed by atoms with Crippen LogP contribution < -0.4 is 10.5 Å². The minimum atomic E-state index is -4.51. The predicted molar refractivity (Wildman–Crippen MR) is 73.6 cm³/mol. The number of aromatic amines is 1. The van der Waals surface area contributed by atoms with Gasteiger partial charge in [0.05, 0.1) is 5.69 Å². The highest BCUT2D eigenvalue weighted by Gasteiger charge is 2.36. The fraction of sp³-hybridized carbons (Fsp3) is 0.385. The van der Waals surface area contributed by atoms with Crippen LogP contribution in [0.2, 0.25) is 0 Å². The number of hydrogen-bond donors (Lipinski definition) is 1. The second kappa shape index (κ2) is 6.12. The highest BCUT2D eigenvalue weighted by Crippen LogP contribution is 2.34. The lowest BCUT2D eigenvalue weighted by molar-refractivity contribution is -0.137.